The summed E-state index contributed by atoms with van der Waals surface area (Å²) >= 11 is 0. The highest BCUT2D eigenvalue weighted by atomic mass is 16.8. The first-order chi connectivity index (χ1) is 14.6. The van der Waals surface area contributed by atoms with Crippen molar-refractivity contribution >= 4 is 5.78 Å². The SMILES string of the molecule is COC1CC(C)(CC2=CC(C)(C)CCC2)CC2(C=C(CO)C3CC(=O)C(C)=CC3O2)O1. The highest BCUT2D eigenvalue weighted by Crippen LogP contribution is 2.52. The zero-order valence-electron chi connectivity index (χ0n) is 19.7. The Morgan fingerprint density at radius 3 is 2.68 bits per heavy atom. The third-order valence-electron chi connectivity index (χ3n) is 7.55. The fraction of sp³-hybridized carbons (Fsp3) is 0.731. The number of carbonyl (C=O) groups is 1. The Hall–Kier alpha value is -1.27. The molecule has 4 rings (SSSR count). The van der Waals surface area contributed by atoms with Gasteiger partial charge in [0.2, 0.25) is 0 Å². The number of carbonyl (C=O) groups excluding carboxylic acids is 1. The maximum Gasteiger partial charge on any atom is 0.192 e. The van der Waals surface area contributed by atoms with Gasteiger partial charge in [-0.2, -0.15) is 0 Å². The average molecular weight is 431 g/mol. The molecule has 0 aromatic rings. The lowest BCUT2D eigenvalue weighted by Crippen LogP contribution is -2.55. The molecule has 1 fully saturated rings. The van der Waals surface area contributed by atoms with E-state index in [9.17, 15) is 9.90 Å². The summed E-state index contributed by atoms with van der Waals surface area (Å²) < 4.78 is 18.7. The molecular formula is C26H38O5. The largest absolute Gasteiger partial charge is 0.392 e. The van der Waals surface area contributed by atoms with Gasteiger partial charge < -0.3 is 19.3 Å². The second-order valence-electron chi connectivity index (χ2n) is 11.2. The van der Waals surface area contributed by atoms with Crippen LogP contribution in [0.15, 0.2) is 34.9 Å². The van der Waals surface area contributed by atoms with Crippen LogP contribution in [0.25, 0.3) is 0 Å². The number of methoxy groups -OCH3 is 1. The maximum atomic E-state index is 12.3. The van der Waals surface area contributed by atoms with Crippen molar-refractivity contribution in [3.05, 3.63) is 34.9 Å². The van der Waals surface area contributed by atoms with E-state index in [1.165, 1.54) is 18.4 Å². The molecule has 5 atom stereocenters. The van der Waals surface area contributed by atoms with E-state index in [4.69, 9.17) is 14.2 Å². The lowest BCUT2D eigenvalue weighted by atomic mass is 9.68. The van der Waals surface area contributed by atoms with Crippen LogP contribution >= 0.6 is 0 Å². The van der Waals surface area contributed by atoms with Gasteiger partial charge in [0, 0.05) is 32.3 Å². The summed E-state index contributed by atoms with van der Waals surface area (Å²) in [7, 11) is 1.68. The van der Waals surface area contributed by atoms with Gasteiger partial charge in [0.25, 0.3) is 0 Å². The van der Waals surface area contributed by atoms with Crippen molar-refractivity contribution in [1.82, 2.24) is 0 Å². The highest BCUT2D eigenvalue weighted by molar-refractivity contribution is 5.96. The number of rotatable bonds is 4. The van der Waals surface area contributed by atoms with Crippen molar-refractivity contribution in [1.29, 1.82) is 0 Å². The molecule has 0 aromatic heterocycles. The topological polar surface area (TPSA) is 65.0 Å². The average Bonchev–Trinajstić information content (AvgIpc) is 2.67. The van der Waals surface area contributed by atoms with Gasteiger partial charge >= 0.3 is 0 Å². The molecule has 5 unspecified atom stereocenters. The molecule has 0 radical (unpaired) electrons. The molecule has 0 amide bonds. The van der Waals surface area contributed by atoms with E-state index in [2.05, 4.69) is 26.8 Å². The molecule has 0 saturated carbocycles. The van der Waals surface area contributed by atoms with Gasteiger partial charge in [-0.3, -0.25) is 4.79 Å². The van der Waals surface area contributed by atoms with Crippen molar-refractivity contribution in [2.75, 3.05) is 13.7 Å². The van der Waals surface area contributed by atoms with Gasteiger partial charge in [-0.1, -0.05) is 32.4 Å². The summed E-state index contributed by atoms with van der Waals surface area (Å²) in [5.74, 6) is -0.947. The molecule has 0 bridgehead atoms. The number of aliphatic hydroxyl groups excluding tert-OH is 1. The van der Waals surface area contributed by atoms with Crippen LogP contribution < -0.4 is 0 Å². The van der Waals surface area contributed by atoms with Gasteiger partial charge in [-0.05, 0) is 66.7 Å². The molecular weight excluding hydrogens is 392 g/mol. The molecule has 5 heteroatoms. The maximum absolute atomic E-state index is 12.3. The first kappa shape index (κ1) is 22.9. The first-order valence-corrected chi connectivity index (χ1v) is 11.7. The van der Waals surface area contributed by atoms with Crippen LogP contribution in [0.1, 0.15) is 72.6 Å². The molecule has 5 nitrogen and oxygen atoms in total. The summed E-state index contributed by atoms with van der Waals surface area (Å²) in [4.78, 5) is 12.3. The second kappa shape index (κ2) is 8.26. The van der Waals surface area contributed by atoms with E-state index >= 15 is 0 Å². The molecule has 1 N–H and O–H groups in total. The number of ketones is 1. The van der Waals surface area contributed by atoms with Crippen molar-refractivity contribution in [2.24, 2.45) is 16.7 Å². The number of aliphatic hydroxyl groups is 1. The van der Waals surface area contributed by atoms with E-state index in [0.717, 1.165) is 30.4 Å². The minimum Gasteiger partial charge on any atom is -0.392 e. The number of ether oxygens (including phenoxy) is 3. The second-order valence-corrected chi connectivity index (χ2v) is 11.2. The lowest BCUT2D eigenvalue weighted by Gasteiger charge is -2.52. The fourth-order valence-electron chi connectivity index (χ4n) is 6.16. The van der Waals surface area contributed by atoms with Gasteiger partial charge in [0.15, 0.2) is 17.9 Å². The zero-order valence-corrected chi connectivity index (χ0v) is 19.7. The Morgan fingerprint density at radius 1 is 1.23 bits per heavy atom. The van der Waals surface area contributed by atoms with E-state index in [-0.39, 0.29) is 41.5 Å². The standard InChI is InChI=1S/C26H38O5/c1-17-9-22-20(10-21(17)28)19(15-27)13-26(30-22)16-25(4,14-23(29-5)31-26)12-18-7-6-8-24(2,3)11-18/h9,11,13,20,22-23,27H,6-8,10,12,14-16H2,1-5H3. The Kier molecular flexibility index (Phi) is 6.10. The third kappa shape index (κ3) is 4.75. The number of Topliss-reactive ketones (excluding diaryl/α,β-unsaturated/α-hetero) is 1. The van der Waals surface area contributed by atoms with Gasteiger partial charge in [-0.15, -0.1) is 0 Å². The summed E-state index contributed by atoms with van der Waals surface area (Å²) in [5.41, 5.74) is 3.29. The first-order valence-electron chi connectivity index (χ1n) is 11.7. The molecule has 4 aliphatic rings. The van der Waals surface area contributed by atoms with Gasteiger partial charge in [0.1, 0.15) is 0 Å². The molecule has 2 aliphatic heterocycles. The quantitative estimate of drug-likeness (QED) is 0.646. The Labute approximate surface area is 186 Å². The molecule has 0 aromatic carbocycles. The monoisotopic (exact) mass is 430 g/mol. The predicted molar refractivity (Wildman–Crippen MR) is 119 cm³/mol. The molecule has 1 spiro atoms. The molecule has 2 heterocycles. The smallest absolute Gasteiger partial charge is 0.192 e. The fourth-order valence-corrected chi connectivity index (χ4v) is 6.16. The van der Waals surface area contributed by atoms with Gasteiger partial charge in [0.05, 0.1) is 12.7 Å². The minimum atomic E-state index is -0.950. The molecule has 2 aliphatic carbocycles. The van der Waals surface area contributed by atoms with Gasteiger partial charge in [-0.25, -0.2) is 0 Å². The lowest BCUT2D eigenvalue weighted by molar-refractivity contribution is -0.338. The molecule has 1 saturated heterocycles. The summed E-state index contributed by atoms with van der Waals surface area (Å²) in [6, 6.07) is 0. The zero-order chi connectivity index (χ0) is 22.4. The highest BCUT2D eigenvalue weighted by Gasteiger charge is 2.52. The van der Waals surface area contributed by atoms with E-state index < -0.39 is 5.79 Å². The Balaban J connectivity index is 1.65. The van der Waals surface area contributed by atoms with Crippen molar-refractivity contribution in [3.8, 4) is 0 Å². The summed E-state index contributed by atoms with van der Waals surface area (Å²) in [6.07, 6.45) is 12.2. The normalized spacial score (nSPS) is 40.1. The van der Waals surface area contributed by atoms with Crippen LogP contribution in [-0.4, -0.2) is 42.8 Å². The Bertz CT molecular complexity index is 822. The number of fused-ring (bicyclic) bond motifs is 1. The van der Waals surface area contributed by atoms with Crippen LogP contribution in [0.5, 0.6) is 0 Å². The van der Waals surface area contributed by atoms with Crippen molar-refractivity contribution in [3.63, 3.8) is 0 Å². The summed E-state index contributed by atoms with van der Waals surface area (Å²) in [6.45, 7) is 8.69. The van der Waals surface area contributed by atoms with Crippen molar-refractivity contribution in [2.45, 2.75) is 90.8 Å². The van der Waals surface area contributed by atoms with Crippen LogP contribution in [-0.2, 0) is 19.0 Å². The van der Waals surface area contributed by atoms with Crippen LogP contribution in [0, 0.1) is 16.7 Å². The minimum absolute atomic E-state index is 0.0503. The van der Waals surface area contributed by atoms with Crippen LogP contribution in [0.4, 0.5) is 0 Å². The van der Waals surface area contributed by atoms with E-state index in [1.54, 1.807) is 7.11 Å². The number of hydrogen-bond donors (Lipinski definition) is 1. The van der Waals surface area contributed by atoms with Crippen molar-refractivity contribution < 1.29 is 24.1 Å². The van der Waals surface area contributed by atoms with Crippen LogP contribution in [0.2, 0.25) is 0 Å². The third-order valence-corrected chi connectivity index (χ3v) is 7.55. The summed E-state index contributed by atoms with van der Waals surface area (Å²) in [5, 5.41) is 10.1. The van der Waals surface area contributed by atoms with E-state index in [1.807, 2.05) is 19.1 Å². The number of allylic oxidation sites excluding steroid dienone is 3. The predicted octanol–water partition coefficient (Wildman–Crippen LogP) is 4.85. The Morgan fingerprint density at radius 2 is 2.00 bits per heavy atom. The van der Waals surface area contributed by atoms with E-state index in [0.29, 0.717) is 12.8 Å². The molecule has 172 valence electrons. The number of hydrogen-bond acceptors (Lipinski definition) is 5. The van der Waals surface area contributed by atoms with Crippen LogP contribution in [0.3, 0.4) is 0 Å². The molecule has 31 heavy (non-hydrogen) atoms.